The molecule has 25 heavy (non-hydrogen) atoms. The van der Waals surface area contributed by atoms with Crippen LogP contribution in [0.5, 0.6) is 0 Å². The zero-order chi connectivity index (χ0) is 17.3. The molecule has 0 fully saturated rings. The summed E-state index contributed by atoms with van der Waals surface area (Å²) in [5.41, 5.74) is 0.966. The van der Waals surface area contributed by atoms with Gasteiger partial charge in [-0.3, -0.25) is 14.9 Å². The lowest BCUT2D eigenvalue weighted by molar-refractivity contribution is 0.0924. The molecule has 0 aromatic carbocycles. The molecule has 0 saturated carbocycles. The molecule has 3 N–H and O–H groups in total. The van der Waals surface area contributed by atoms with Crippen molar-refractivity contribution in [1.82, 2.24) is 25.5 Å². The van der Waals surface area contributed by atoms with Crippen LogP contribution < -0.4 is 10.6 Å². The number of aromatic nitrogens is 4. The van der Waals surface area contributed by atoms with Gasteiger partial charge >= 0.3 is 0 Å². The van der Waals surface area contributed by atoms with Crippen molar-refractivity contribution in [2.45, 2.75) is 17.3 Å². The lowest BCUT2D eigenvalue weighted by Gasteiger charge is -2.06. The van der Waals surface area contributed by atoms with Crippen LogP contribution in [0.4, 0.5) is 5.69 Å². The molecule has 0 radical (unpaired) electrons. The monoisotopic (exact) mass is 358 g/mol. The molecule has 8 nitrogen and oxygen atoms in total. The van der Waals surface area contributed by atoms with Gasteiger partial charge in [0.15, 0.2) is 10.9 Å². The number of pyridine rings is 1. The molecule has 3 rings (SSSR count). The largest absolute Gasteiger partial charge is 0.455 e. The third kappa shape index (κ3) is 5.35. The van der Waals surface area contributed by atoms with Crippen molar-refractivity contribution >= 4 is 23.4 Å². The van der Waals surface area contributed by atoms with Crippen molar-refractivity contribution in [3.8, 4) is 0 Å². The SMILES string of the molecule is O=C(NCCCNc1cccnc1)c1ccc(CSc2ncn[nH]2)o1. The maximum absolute atomic E-state index is 12.1. The molecule has 0 bridgehead atoms. The molecule has 1 amide bonds. The Bertz CT molecular complexity index is 775. The van der Waals surface area contributed by atoms with E-state index in [0.29, 0.717) is 29.0 Å². The number of amides is 1. The maximum atomic E-state index is 12.1. The lowest BCUT2D eigenvalue weighted by Crippen LogP contribution is -2.25. The van der Waals surface area contributed by atoms with E-state index in [2.05, 4.69) is 30.8 Å². The third-order valence-corrected chi connectivity index (χ3v) is 4.16. The standard InChI is InChI=1S/C16H18N6O2S/c23-15(19-8-2-7-18-12-3-1-6-17-9-12)14-5-4-13(24-14)10-25-16-20-11-21-22-16/h1,3-6,9,11,18H,2,7-8,10H2,(H,19,23)(H,20,21,22). The van der Waals surface area contributed by atoms with Gasteiger partial charge in [0.05, 0.1) is 11.4 Å². The lowest BCUT2D eigenvalue weighted by atomic mass is 10.3. The number of thioether (sulfide) groups is 1. The quantitative estimate of drug-likeness (QED) is 0.398. The molecule has 130 valence electrons. The van der Waals surface area contributed by atoms with E-state index < -0.39 is 0 Å². The topological polar surface area (TPSA) is 109 Å². The van der Waals surface area contributed by atoms with Crippen molar-refractivity contribution in [2.75, 3.05) is 18.4 Å². The summed E-state index contributed by atoms with van der Waals surface area (Å²) in [7, 11) is 0. The second-order valence-corrected chi connectivity index (χ2v) is 6.09. The van der Waals surface area contributed by atoms with E-state index in [-0.39, 0.29) is 5.91 Å². The van der Waals surface area contributed by atoms with Crippen molar-refractivity contribution in [1.29, 1.82) is 0 Å². The van der Waals surface area contributed by atoms with Crippen LogP contribution >= 0.6 is 11.8 Å². The first kappa shape index (κ1) is 17.0. The highest BCUT2D eigenvalue weighted by Gasteiger charge is 2.11. The number of H-pyrrole nitrogens is 1. The van der Waals surface area contributed by atoms with Crippen molar-refractivity contribution in [2.24, 2.45) is 0 Å². The van der Waals surface area contributed by atoms with E-state index in [4.69, 9.17) is 4.42 Å². The van der Waals surface area contributed by atoms with Gasteiger partial charge in [-0.25, -0.2) is 4.98 Å². The van der Waals surface area contributed by atoms with Gasteiger partial charge in [-0.15, -0.1) is 0 Å². The number of anilines is 1. The summed E-state index contributed by atoms with van der Waals surface area (Å²) in [6.45, 7) is 1.32. The summed E-state index contributed by atoms with van der Waals surface area (Å²) in [6, 6.07) is 7.30. The fourth-order valence-electron chi connectivity index (χ4n) is 2.06. The molecule has 3 aromatic heterocycles. The van der Waals surface area contributed by atoms with Crippen molar-refractivity contribution in [3.05, 3.63) is 54.5 Å². The molecule has 9 heteroatoms. The van der Waals surface area contributed by atoms with Crippen LogP contribution in [0.1, 0.15) is 22.7 Å². The Morgan fingerprint density at radius 3 is 3.04 bits per heavy atom. The van der Waals surface area contributed by atoms with E-state index >= 15 is 0 Å². The molecule has 3 heterocycles. The summed E-state index contributed by atoms with van der Waals surface area (Å²) in [5, 5.41) is 13.3. The predicted molar refractivity (Wildman–Crippen MR) is 94.3 cm³/mol. The van der Waals surface area contributed by atoms with Crippen LogP contribution in [0.3, 0.4) is 0 Å². The fourth-order valence-corrected chi connectivity index (χ4v) is 2.73. The molecule has 0 aliphatic carbocycles. The molecule has 0 atom stereocenters. The van der Waals surface area contributed by atoms with Gasteiger partial charge in [0.1, 0.15) is 12.1 Å². The van der Waals surface area contributed by atoms with Gasteiger partial charge in [0.2, 0.25) is 0 Å². The first-order valence-electron chi connectivity index (χ1n) is 7.80. The number of rotatable bonds is 9. The van der Waals surface area contributed by atoms with Gasteiger partial charge in [-0.05, 0) is 30.7 Å². The van der Waals surface area contributed by atoms with Crippen LogP contribution in [0.25, 0.3) is 0 Å². The minimum atomic E-state index is -0.211. The number of carbonyl (C=O) groups excluding carboxylic acids is 1. The molecule has 3 aromatic rings. The number of nitrogens with one attached hydrogen (secondary N) is 3. The average molecular weight is 358 g/mol. The Morgan fingerprint density at radius 1 is 1.28 bits per heavy atom. The smallest absolute Gasteiger partial charge is 0.286 e. The number of nitrogens with zero attached hydrogens (tertiary/aromatic N) is 3. The second kappa shape index (κ2) is 8.88. The van der Waals surface area contributed by atoms with Crippen LogP contribution in [0.2, 0.25) is 0 Å². The summed E-state index contributed by atoms with van der Waals surface area (Å²) in [5.74, 6) is 1.40. The number of furan rings is 1. The summed E-state index contributed by atoms with van der Waals surface area (Å²) in [4.78, 5) is 20.1. The van der Waals surface area contributed by atoms with Crippen molar-refractivity contribution < 1.29 is 9.21 Å². The molecular weight excluding hydrogens is 340 g/mol. The maximum Gasteiger partial charge on any atom is 0.286 e. The number of carbonyl (C=O) groups is 1. The van der Waals surface area contributed by atoms with Gasteiger partial charge < -0.3 is 15.1 Å². The Balaban J connectivity index is 1.35. The minimum absolute atomic E-state index is 0.211. The fraction of sp³-hybridized carbons (Fsp3) is 0.250. The van der Waals surface area contributed by atoms with Crippen LogP contribution in [0.15, 0.2) is 52.6 Å². The van der Waals surface area contributed by atoms with E-state index in [9.17, 15) is 4.79 Å². The first-order valence-corrected chi connectivity index (χ1v) is 8.79. The van der Waals surface area contributed by atoms with E-state index in [0.717, 1.165) is 18.7 Å². The van der Waals surface area contributed by atoms with E-state index in [1.165, 1.54) is 18.1 Å². The van der Waals surface area contributed by atoms with Gasteiger partial charge in [-0.2, -0.15) is 5.10 Å². The average Bonchev–Trinajstić information content (AvgIpc) is 3.32. The second-order valence-electron chi connectivity index (χ2n) is 5.12. The molecule has 0 spiro atoms. The third-order valence-electron chi connectivity index (χ3n) is 3.26. The van der Waals surface area contributed by atoms with Crippen LogP contribution in [0, 0.1) is 0 Å². The molecular formula is C16H18N6O2S. The zero-order valence-electron chi connectivity index (χ0n) is 13.4. The van der Waals surface area contributed by atoms with Gasteiger partial charge in [0.25, 0.3) is 5.91 Å². The number of aromatic amines is 1. The first-order chi connectivity index (χ1) is 12.3. The Labute approximate surface area is 148 Å². The van der Waals surface area contributed by atoms with Crippen LogP contribution in [-0.2, 0) is 5.75 Å². The Kier molecular flexibility index (Phi) is 6.05. The van der Waals surface area contributed by atoms with Crippen molar-refractivity contribution in [3.63, 3.8) is 0 Å². The predicted octanol–water partition coefficient (Wildman–Crippen LogP) is 2.32. The minimum Gasteiger partial charge on any atom is -0.455 e. The molecule has 0 unspecified atom stereocenters. The summed E-state index contributed by atoms with van der Waals surface area (Å²) >= 11 is 1.46. The Hall–Kier alpha value is -2.81. The summed E-state index contributed by atoms with van der Waals surface area (Å²) < 4.78 is 5.55. The van der Waals surface area contributed by atoms with Crippen LogP contribution in [-0.4, -0.2) is 39.2 Å². The zero-order valence-corrected chi connectivity index (χ0v) is 14.3. The summed E-state index contributed by atoms with van der Waals surface area (Å²) in [6.07, 6.45) is 5.74. The normalized spacial score (nSPS) is 10.6. The highest BCUT2D eigenvalue weighted by Crippen LogP contribution is 2.19. The highest BCUT2D eigenvalue weighted by atomic mass is 32.2. The Morgan fingerprint density at radius 2 is 2.24 bits per heavy atom. The molecule has 0 aliphatic heterocycles. The van der Waals surface area contributed by atoms with E-state index in [1.54, 1.807) is 24.5 Å². The number of hydrogen-bond donors (Lipinski definition) is 3. The van der Waals surface area contributed by atoms with E-state index in [1.807, 2.05) is 12.1 Å². The van der Waals surface area contributed by atoms with Gasteiger partial charge in [0, 0.05) is 25.5 Å². The molecule has 0 saturated heterocycles. The van der Waals surface area contributed by atoms with Gasteiger partial charge in [-0.1, -0.05) is 11.8 Å². The highest BCUT2D eigenvalue weighted by molar-refractivity contribution is 7.98. The number of hydrogen-bond acceptors (Lipinski definition) is 7. The molecule has 0 aliphatic rings.